The molecule has 1 atom stereocenters. The minimum Gasteiger partial charge on any atom is -0.462 e. The Hall–Kier alpha value is -2.11. The molecule has 0 aromatic carbocycles. The van der Waals surface area contributed by atoms with Gasteiger partial charge in [0.15, 0.2) is 6.10 Å². The van der Waals surface area contributed by atoms with Crippen LogP contribution in [0.1, 0.15) is 425 Å². The summed E-state index contributed by atoms with van der Waals surface area (Å²) in [6, 6.07) is 0. The van der Waals surface area contributed by atoms with Crippen molar-refractivity contribution in [2.24, 2.45) is 0 Å². The molecule has 484 valence electrons. The molecule has 0 aromatic heterocycles. The summed E-state index contributed by atoms with van der Waals surface area (Å²) in [6.07, 6.45) is 88.1. The molecule has 6 nitrogen and oxygen atoms in total. The molecule has 0 spiro atoms. The van der Waals surface area contributed by atoms with Gasteiger partial charge in [0.05, 0.1) is 0 Å². The minimum absolute atomic E-state index is 0.0632. The zero-order valence-corrected chi connectivity index (χ0v) is 55.8. The molecular weight excluding hydrogens is 1010 g/mol. The van der Waals surface area contributed by atoms with Crippen molar-refractivity contribution in [3.8, 4) is 0 Å². The Morgan fingerprint density at radius 3 is 0.671 bits per heavy atom. The molecule has 0 N–H and O–H groups in total. The van der Waals surface area contributed by atoms with Gasteiger partial charge in [0.25, 0.3) is 0 Å². The number of esters is 3. The van der Waals surface area contributed by atoms with Crippen LogP contribution in [0.3, 0.4) is 0 Å². The van der Waals surface area contributed by atoms with E-state index >= 15 is 0 Å². The molecule has 0 radical (unpaired) electrons. The van der Waals surface area contributed by atoms with Crippen molar-refractivity contribution in [3.63, 3.8) is 0 Å². The zero-order valence-electron chi connectivity index (χ0n) is 55.8. The van der Waals surface area contributed by atoms with Crippen LogP contribution in [0.5, 0.6) is 0 Å². The Labute approximate surface area is 513 Å². The summed E-state index contributed by atoms with van der Waals surface area (Å²) in [5.74, 6) is -0.829. The third kappa shape index (κ3) is 68.7. The average molecular weight is 1150 g/mol. The predicted molar refractivity (Wildman–Crippen MR) is 358 cm³/mol. The van der Waals surface area contributed by atoms with E-state index in [9.17, 15) is 14.4 Å². The fraction of sp³-hybridized carbons (Fsp3) is 0.908. The Balaban J connectivity index is 4.07. The van der Waals surface area contributed by atoms with Crippen LogP contribution in [0.25, 0.3) is 0 Å². The number of rotatable bonds is 70. The van der Waals surface area contributed by atoms with Gasteiger partial charge in [-0.3, -0.25) is 14.4 Å². The molecule has 0 aliphatic rings. The van der Waals surface area contributed by atoms with Gasteiger partial charge in [-0.25, -0.2) is 0 Å². The maximum atomic E-state index is 12.9. The Morgan fingerprint density at radius 1 is 0.244 bits per heavy atom. The van der Waals surface area contributed by atoms with Crippen molar-refractivity contribution < 1.29 is 28.6 Å². The number of unbranched alkanes of at least 4 members (excludes halogenated alkanes) is 55. The third-order valence-electron chi connectivity index (χ3n) is 17.2. The van der Waals surface area contributed by atoms with E-state index in [-0.39, 0.29) is 31.1 Å². The summed E-state index contributed by atoms with van der Waals surface area (Å²) < 4.78 is 17.0. The summed E-state index contributed by atoms with van der Waals surface area (Å²) >= 11 is 0. The number of ether oxygens (including phenoxy) is 3. The molecule has 0 aliphatic carbocycles. The summed E-state index contributed by atoms with van der Waals surface area (Å²) in [5.41, 5.74) is 0. The van der Waals surface area contributed by atoms with Gasteiger partial charge in [-0.15, -0.1) is 0 Å². The van der Waals surface area contributed by atoms with Crippen LogP contribution in [0.4, 0.5) is 0 Å². The quantitative estimate of drug-likeness (QED) is 0.0261. The first-order chi connectivity index (χ1) is 40.5. The molecule has 0 fully saturated rings. The highest BCUT2D eigenvalue weighted by Gasteiger charge is 2.20. The van der Waals surface area contributed by atoms with Crippen molar-refractivity contribution in [2.75, 3.05) is 13.2 Å². The highest BCUT2D eigenvalue weighted by atomic mass is 16.6. The predicted octanol–water partition coefficient (Wildman–Crippen LogP) is 25.7. The van der Waals surface area contributed by atoms with Crippen molar-refractivity contribution >= 4 is 17.9 Å². The van der Waals surface area contributed by atoms with Crippen molar-refractivity contribution in [2.45, 2.75) is 431 Å². The normalized spacial score (nSPS) is 12.1. The second kappa shape index (κ2) is 71.4. The lowest BCUT2D eigenvalue weighted by molar-refractivity contribution is -0.167. The Bertz CT molecular complexity index is 1320. The van der Waals surface area contributed by atoms with E-state index in [1.54, 1.807) is 0 Å². The van der Waals surface area contributed by atoms with E-state index in [0.29, 0.717) is 19.3 Å². The van der Waals surface area contributed by atoms with Gasteiger partial charge in [-0.1, -0.05) is 379 Å². The highest BCUT2D eigenvalue weighted by Crippen LogP contribution is 2.19. The number of carbonyl (C=O) groups excluding carboxylic acids is 3. The SMILES string of the molecule is CCCCCCC/C=C\C/C=C\CCCCCCCCCCCCCCCCCCCCCC(=O)OCC(COC(=O)CCCCCCCCCCCC)OC(=O)CCCCCCCCCCCCCCCCCCCCCCCCC. The average Bonchev–Trinajstić information content (AvgIpc) is 3.47. The molecule has 0 saturated heterocycles. The summed E-state index contributed by atoms with van der Waals surface area (Å²) in [4.78, 5) is 38.4. The van der Waals surface area contributed by atoms with Crippen LogP contribution in [0.15, 0.2) is 24.3 Å². The molecular formula is C76H144O6. The number of carbonyl (C=O) groups is 3. The van der Waals surface area contributed by atoms with Gasteiger partial charge >= 0.3 is 17.9 Å². The van der Waals surface area contributed by atoms with Crippen molar-refractivity contribution in [1.29, 1.82) is 0 Å². The standard InChI is InChI=1S/C76H144O6/c1-4-7-10-13-16-19-22-24-26-28-30-32-34-35-36-37-38-39-40-41-43-44-46-48-50-52-54-57-60-63-66-69-75(78)81-72-73(71-80-74(77)68-65-62-59-56-21-18-15-12-9-6-3)82-76(79)70-67-64-61-58-55-53-51-49-47-45-42-33-31-29-27-25-23-20-17-14-11-8-5-2/h22,24,28,30,73H,4-21,23,25-27,29,31-72H2,1-3H3/b24-22-,30-28-. The number of hydrogen-bond acceptors (Lipinski definition) is 6. The molecule has 0 aliphatic heterocycles. The lowest BCUT2D eigenvalue weighted by Gasteiger charge is -2.18. The lowest BCUT2D eigenvalue weighted by Crippen LogP contribution is -2.30. The molecule has 0 saturated carbocycles. The first-order valence-electron chi connectivity index (χ1n) is 37.3. The van der Waals surface area contributed by atoms with Crippen LogP contribution in [0, 0.1) is 0 Å². The number of allylic oxidation sites excluding steroid dienone is 4. The van der Waals surface area contributed by atoms with Gasteiger partial charge in [0, 0.05) is 19.3 Å². The van der Waals surface area contributed by atoms with E-state index in [1.807, 2.05) is 0 Å². The summed E-state index contributed by atoms with van der Waals surface area (Å²) in [6.45, 7) is 6.70. The molecule has 82 heavy (non-hydrogen) atoms. The topological polar surface area (TPSA) is 78.9 Å². The Kier molecular flexibility index (Phi) is 69.5. The largest absolute Gasteiger partial charge is 0.462 e. The summed E-state index contributed by atoms with van der Waals surface area (Å²) in [5, 5.41) is 0. The molecule has 0 rings (SSSR count). The molecule has 1 unspecified atom stereocenters. The fourth-order valence-electron chi connectivity index (χ4n) is 11.6. The van der Waals surface area contributed by atoms with E-state index in [4.69, 9.17) is 14.2 Å². The van der Waals surface area contributed by atoms with E-state index in [2.05, 4.69) is 45.1 Å². The van der Waals surface area contributed by atoms with Crippen LogP contribution in [-0.4, -0.2) is 37.2 Å². The summed E-state index contributed by atoms with van der Waals surface area (Å²) in [7, 11) is 0. The second-order valence-corrected chi connectivity index (χ2v) is 25.6. The van der Waals surface area contributed by atoms with E-state index < -0.39 is 6.10 Å². The number of hydrogen-bond donors (Lipinski definition) is 0. The lowest BCUT2D eigenvalue weighted by atomic mass is 10.0. The molecule has 6 heteroatoms. The van der Waals surface area contributed by atoms with Gasteiger partial charge in [0.2, 0.25) is 0 Å². The smallest absolute Gasteiger partial charge is 0.306 e. The maximum Gasteiger partial charge on any atom is 0.306 e. The van der Waals surface area contributed by atoms with Crippen molar-refractivity contribution in [1.82, 2.24) is 0 Å². The zero-order chi connectivity index (χ0) is 59.2. The van der Waals surface area contributed by atoms with Crippen LogP contribution >= 0.6 is 0 Å². The van der Waals surface area contributed by atoms with Gasteiger partial charge in [-0.2, -0.15) is 0 Å². The molecule has 0 aromatic rings. The maximum absolute atomic E-state index is 12.9. The highest BCUT2D eigenvalue weighted by molar-refractivity contribution is 5.71. The van der Waals surface area contributed by atoms with Gasteiger partial charge in [0.1, 0.15) is 13.2 Å². The van der Waals surface area contributed by atoms with Crippen LogP contribution < -0.4 is 0 Å². The van der Waals surface area contributed by atoms with E-state index in [1.165, 1.54) is 321 Å². The molecule has 0 amide bonds. The second-order valence-electron chi connectivity index (χ2n) is 25.6. The first-order valence-corrected chi connectivity index (χ1v) is 37.3. The van der Waals surface area contributed by atoms with Gasteiger partial charge in [-0.05, 0) is 51.4 Å². The Morgan fingerprint density at radius 2 is 0.439 bits per heavy atom. The van der Waals surface area contributed by atoms with E-state index in [0.717, 1.165) is 64.2 Å². The van der Waals surface area contributed by atoms with Crippen LogP contribution in [0.2, 0.25) is 0 Å². The minimum atomic E-state index is -0.766. The molecule has 0 bridgehead atoms. The third-order valence-corrected chi connectivity index (χ3v) is 17.2. The molecule has 0 heterocycles. The first kappa shape index (κ1) is 79.9. The van der Waals surface area contributed by atoms with Gasteiger partial charge < -0.3 is 14.2 Å². The monoisotopic (exact) mass is 1150 g/mol. The van der Waals surface area contributed by atoms with Crippen molar-refractivity contribution in [3.05, 3.63) is 24.3 Å². The fourth-order valence-corrected chi connectivity index (χ4v) is 11.6. The van der Waals surface area contributed by atoms with Crippen LogP contribution in [-0.2, 0) is 28.6 Å².